The number of benzene rings is 1. The van der Waals surface area contributed by atoms with E-state index < -0.39 is 17.6 Å². The lowest BCUT2D eigenvalue weighted by Crippen LogP contribution is -2.48. The number of ether oxygens (including phenoxy) is 1. The number of alkyl halides is 3. The zero-order valence-corrected chi connectivity index (χ0v) is 14.3. The predicted octanol–water partition coefficient (Wildman–Crippen LogP) is 2.93. The van der Waals surface area contributed by atoms with Crippen LogP contribution in [0.2, 0.25) is 0 Å². The highest BCUT2D eigenvalue weighted by atomic mass is 19.4. The Morgan fingerprint density at radius 3 is 2.76 bits per heavy atom. The van der Waals surface area contributed by atoms with Crippen LogP contribution in [0.25, 0.3) is 0 Å². The number of rotatable bonds is 3. The molecule has 2 aliphatic rings. The Morgan fingerprint density at radius 1 is 1.32 bits per heavy atom. The minimum atomic E-state index is -4.45. The molecule has 0 bridgehead atoms. The molecule has 0 aromatic heterocycles. The maximum absolute atomic E-state index is 12.8. The van der Waals surface area contributed by atoms with E-state index in [1.807, 2.05) is 0 Å². The highest BCUT2D eigenvalue weighted by molar-refractivity contribution is 5.94. The van der Waals surface area contributed by atoms with Gasteiger partial charge in [-0.3, -0.25) is 9.69 Å². The molecule has 3 rings (SSSR count). The summed E-state index contributed by atoms with van der Waals surface area (Å²) in [5, 5.41) is 2.87. The molecule has 1 amide bonds. The molecule has 1 aromatic rings. The first-order valence-corrected chi connectivity index (χ1v) is 8.58. The van der Waals surface area contributed by atoms with Crippen LogP contribution >= 0.6 is 0 Å². The third-order valence-electron chi connectivity index (χ3n) is 4.98. The number of carbonyl (C=O) groups excluding carboxylic acids is 1. The first-order valence-electron chi connectivity index (χ1n) is 8.58. The average Bonchev–Trinajstić information content (AvgIpc) is 2.95. The lowest BCUT2D eigenvalue weighted by Gasteiger charge is -2.36. The summed E-state index contributed by atoms with van der Waals surface area (Å²) in [5.74, 6) is -0.0306. The van der Waals surface area contributed by atoms with Gasteiger partial charge in [0.25, 0.3) is 5.91 Å². The second-order valence-corrected chi connectivity index (χ2v) is 7.21. The first kappa shape index (κ1) is 18.2. The molecule has 0 unspecified atom stereocenters. The zero-order chi connectivity index (χ0) is 18.2. The Hall–Kier alpha value is -1.60. The molecule has 0 saturated carbocycles. The van der Waals surface area contributed by atoms with Crippen molar-refractivity contribution in [1.29, 1.82) is 0 Å². The standard InChI is InChI=1S/C18H23F3N2O2/c1-11(2)16-9-23-8-14(7-15(23)10-25-16)22-17(24)12-4-3-5-13(6-12)18(19,20)21/h3-6,11,14-16H,7-10H2,1-2H3,(H,22,24)/t14-,15-,16-/m0/s1. The molecule has 25 heavy (non-hydrogen) atoms. The van der Waals surface area contributed by atoms with Gasteiger partial charge in [-0.1, -0.05) is 19.9 Å². The van der Waals surface area contributed by atoms with Gasteiger partial charge in [0.05, 0.1) is 18.3 Å². The number of halogens is 3. The van der Waals surface area contributed by atoms with E-state index in [-0.39, 0.29) is 23.8 Å². The van der Waals surface area contributed by atoms with Crippen LogP contribution < -0.4 is 5.32 Å². The van der Waals surface area contributed by atoms with Crippen LogP contribution in [0.5, 0.6) is 0 Å². The fourth-order valence-corrected chi connectivity index (χ4v) is 3.51. The monoisotopic (exact) mass is 356 g/mol. The van der Waals surface area contributed by atoms with Crippen molar-refractivity contribution in [3.05, 3.63) is 35.4 Å². The number of morpholine rings is 1. The topological polar surface area (TPSA) is 41.6 Å². The number of hydrogen-bond donors (Lipinski definition) is 1. The maximum Gasteiger partial charge on any atom is 0.416 e. The fourth-order valence-electron chi connectivity index (χ4n) is 3.51. The Bertz CT molecular complexity index is 633. The average molecular weight is 356 g/mol. The minimum absolute atomic E-state index is 0.0380. The molecule has 7 heteroatoms. The Kier molecular flexibility index (Phi) is 5.06. The number of carbonyl (C=O) groups is 1. The van der Waals surface area contributed by atoms with Crippen molar-refractivity contribution in [3.63, 3.8) is 0 Å². The molecule has 0 radical (unpaired) electrons. The Labute approximate surface area is 145 Å². The molecule has 3 atom stereocenters. The number of amides is 1. The van der Waals surface area contributed by atoms with E-state index in [1.165, 1.54) is 12.1 Å². The third-order valence-corrected chi connectivity index (χ3v) is 4.98. The van der Waals surface area contributed by atoms with Crippen LogP contribution in [-0.2, 0) is 10.9 Å². The highest BCUT2D eigenvalue weighted by Crippen LogP contribution is 2.30. The van der Waals surface area contributed by atoms with Crippen LogP contribution in [0, 0.1) is 5.92 Å². The summed E-state index contributed by atoms with van der Waals surface area (Å²) in [5.41, 5.74) is -0.770. The minimum Gasteiger partial charge on any atom is -0.375 e. The van der Waals surface area contributed by atoms with E-state index in [1.54, 1.807) is 0 Å². The van der Waals surface area contributed by atoms with Gasteiger partial charge in [0.2, 0.25) is 0 Å². The zero-order valence-electron chi connectivity index (χ0n) is 14.3. The van der Waals surface area contributed by atoms with Gasteiger partial charge < -0.3 is 10.1 Å². The first-order chi connectivity index (χ1) is 11.7. The largest absolute Gasteiger partial charge is 0.416 e. The SMILES string of the molecule is CC(C)[C@@H]1CN2C[C@@H](NC(=O)c3cccc(C(F)(F)F)c3)C[C@H]2CO1. The molecular weight excluding hydrogens is 333 g/mol. The van der Waals surface area contributed by atoms with Gasteiger partial charge in [-0.05, 0) is 30.5 Å². The molecular formula is C18H23F3N2O2. The smallest absolute Gasteiger partial charge is 0.375 e. The van der Waals surface area contributed by atoms with E-state index in [0.29, 0.717) is 19.1 Å². The predicted molar refractivity (Wildman–Crippen MR) is 87.3 cm³/mol. The lowest BCUT2D eigenvalue weighted by atomic mass is 10.0. The molecule has 0 spiro atoms. The normalized spacial score (nSPS) is 27.4. The number of hydrogen-bond acceptors (Lipinski definition) is 3. The molecule has 138 valence electrons. The molecule has 2 heterocycles. The second kappa shape index (κ2) is 6.96. The van der Waals surface area contributed by atoms with E-state index in [2.05, 4.69) is 24.1 Å². The van der Waals surface area contributed by atoms with Crippen LogP contribution in [0.3, 0.4) is 0 Å². The van der Waals surface area contributed by atoms with Crippen LogP contribution in [-0.4, -0.2) is 48.7 Å². The summed E-state index contributed by atoms with van der Waals surface area (Å²) in [7, 11) is 0. The van der Waals surface area contributed by atoms with Gasteiger partial charge in [0.1, 0.15) is 0 Å². The van der Waals surface area contributed by atoms with Gasteiger partial charge in [-0.2, -0.15) is 13.2 Å². The van der Waals surface area contributed by atoms with Gasteiger partial charge in [-0.25, -0.2) is 0 Å². The summed E-state index contributed by atoms with van der Waals surface area (Å²) in [6, 6.07) is 4.73. The summed E-state index contributed by atoms with van der Waals surface area (Å²) in [6.07, 6.45) is -3.50. The van der Waals surface area contributed by atoms with Gasteiger partial charge in [0, 0.05) is 30.7 Å². The molecule has 1 N–H and O–H groups in total. The molecule has 0 aliphatic carbocycles. The molecule has 2 saturated heterocycles. The summed E-state index contributed by atoms with van der Waals surface area (Å²) in [4.78, 5) is 14.6. The van der Waals surface area contributed by atoms with Crippen molar-refractivity contribution in [2.24, 2.45) is 5.92 Å². The molecule has 1 aromatic carbocycles. The number of nitrogens with one attached hydrogen (secondary N) is 1. The molecule has 4 nitrogen and oxygen atoms in total. The van der Waals surface area contributed by atoms with Crippen molar-refractivity contribution in [3.8, 4) is 0 Å². The summed E-state index contributed by atoms with van der Waals surface area (Å²) < 4.78 is 44.2. The van der Waals surface area contributed by atoms with Gasteiger partial charge in [0.15, 0.2) is 0 Å². The lowest BCUT2D eigenvalue weighted by molar-refractivity contribution is -0.137. The third kappa shape index (κ3) is 4.15. The fraction of sp³-hybridized carbons (Fsp3) is 0.611. The van der Waals surface area contributed by atoms with Crippen molar-refractivity contribution in [2.45, 2.75) is 44.6 Å². The quantitative estimate of drug-likeness (QED) is 0.905. The highest BCUT2D eigenvalue weighted by Gasteiger charge is 2.38. The van der Waals surface area contributed by atoms with E-state index in [0.717, 1.165) is 25.1 Å². The summed E-state index contributed by atoms with van der Waals surface area (Å²) >= 11 is 0. The van der Waals surface area contributed by atoms with Crippen LogP contribution in [0.4, 0.5) is 13.2 Å². The summed E-state index contributed by atoms with van der Waals surface area (Å²) in [6.45, 7) is 6.42. The van der Waals surface area contributed by atoms with Crippen molar-refractivity contribution >= 4 is 5.91 Å². The van der Waals surface area contributed by atoms with Gasteiger partial charge >= 0.3 is 6.18 Å². The Morgan fingerprint density at radius 2 is 2.08 bits per heavy atom. The van der Waals surface area contributed by atoms with Crippen molar-refractivity contribution in [1.82, 2.24) is 10.2 Å². The van der Waals surface area contributed by atoms with E-state index >= 15 is 0 Å². The Balaban J connectivity index is 1.61. The van der Waals surface area contributed by atoms with Crippen LogP contribution in [0.15, 0.2) is 24.3 Å². The van der Waals surface area contributed by atoms with Crippen LogP contribution in [0.1, 0.15) is 36.2 Å². The number of fused-ring (bicyclic) bond motifs is 1. The molecule has 2 aliphatic heterocycles. The second-order valence-electron chi connectivity index (χ2n) is 7.21. The number of nitrogens with zero attached hydrogens (tertiary/aromatic N) is 1. The molecule has 2 fully saturated rings. The van der Waals surface area contributed by atoms with E-state index in [9.17, 15) is 18.0 Å². The van der Waals surface area contributed by atoms with Crippen molar-refractivity contribution < 1.29 is 22.7 Å². The van der Waals surface area contributed by atoms with Crippen molar-refractivity contribution in [2.75, 3.05) is 19.7 Å². The van der Waals surface area contributed by atoms with Gasteiger partial charge in [-0.15, -0.1) is 0 Å². The maximum atomic E-state index is 12.8. The van der Waals surface area contributed by atoms with E-state index in [4.69, 9.17) is 4.74 Å².